The monoisotopic (exact) mass is 335 g/mol. The number of hydrogen-bond acceptors (Lipinski definition) is 4. The lowest BCUT2D eigenvalue weighted by atomic mass is 10.2. The van der Waals surface area contributed by atoms with Crippen molar-refractivity contribution in [3.63, 3.8) is 0 Å². The maximum atomic E-state index is 13.5. The topological polar surface area (TPSA) is 59.3 Å². The van der Waals surface area contributed by atoms with Gasteiger partial charge in [-0.3, -0.25) is 0 Å². The lowest BCUT2D eigenvalue weighted by Gasteiger charge is -2.21. The van der Waals surface area contributed by atoms with E-state index >= 15 is 0 Å². The van der Waals surface area contributed by atoms with Crippen molar-refractivity contribution >= 4 is 12.9 Å². The molecule has 0 aromatic heterocycles. The van der Waals surface area contributed by atoms with Crippen LogP contribution in [0.1, 0.15) is 5.56 Å². The summed E-state index contributed by atoms with van der Waals surface area (Å²) in [5.41, 5.74) is 0.257. The van der Waals surface area contributed by atoms with E-state index in [0.29, 0.717) is 11.5 Å². The van der Waals surface area contributed by atoms with Crippen molar-refractivity contribution in [3.8, 4) is 17.6 Å². The van der Waals surface area contributed by atoms with Gasteiger partial charge in [0.05, 0.1) is 5.56 Å². The zero-order valence-corrected chi connectivity index (χ0v) is 13.6. The van der Waals surface area contributed by atoms with Crippen LogP contribution in [0.5, 0.6) is 11.5 Å². The van der Waals surface area contributed by atoms with Crippen LogP contribution in [0.2, 0.25) is 0 Å². The minimum absolute atomic E-state index is 0.236. The van der Waals surface area contributed by atoms with Crippen molar-refractivity contribution < 1.29 is 13.6 Å². The fourth-order valence-electron chi connectivity index (χ4n) is 2.16. The highest BCUT2D eigenvalue weighted by atomic mass is 31.2. The van der Waals surface area contributed by atoms with Crippen molar-refractivity contribution in [1.82, 2.24) is 0 Å². The molecule has 0 amide bonds. The molecule has 0 saturated carbocycles. The Bertz CT molecular complexity index is 859. The van der Waals surface area contributed by atoms with Crippen LogP contribution in [0.3, 0.4) is 0 Å². The summed E-state index contributed by atoms with van der Waals surface area (Å²) < 4.78 is 25.0. The average Bonchev–Trinajstić information content (AvgIpc) is 2.63. The van der Waals surface area contributed by atoms with Crippen molar-refractivity contribution in [1.29, 1.82) is 5.26 Å². The Morgan fingerprint density at radius 3 is 1.67 bits per heavy atom. The molecule has 5 heteroatoms. The largest absolute Gasteiger partial charge is 0.464 e. The van der Waals surface area contributed by atoms with Gasteiger partial charge in [-0.1, -0.05) is 48.5 Å². The minimum atomic E-state index is -3.79. The molecule has 0 aliphatic heterocycles. The third kappa shape index (κ3) is 3.48. The van der Waals surface area contributed by atoms with Crippen molar-refractivity contribution in [2.45, 2.75) is 0 Å². The standard InChI is InChI=1S/C19H14NO3P/c20-15-16-9-7-8-14-19(16)24(21,22-17-10-3-1-4-11-17)23-18-12-5-2-6-13-18/h1-14H. The van der Waals surface area contributed by atoms with E-state index < -0.39 is 7.60 Å². The van der Waals surface area contributed by atoms with Crippen LogP contribution in [-0.4, -0.2) is 0 Å². The molecule has 0 fully saturated rings. The molecule has 0 atom stereocenters. The van der Waals surface area contributed by atoms with Crippen LogP contribution in [0, 0.1) is 11.3 Å². The molecule has 0 aliphatic carbocycles. The van der Waals surface area contributed by atoms with Gasteiger partial charge in [-0.05, 0) is 36.4 Å². The highest BCUT2D eigenvalue weighted by molar-refractivity contribution is 7.63. The van der Waals surface area contributed by atoms with Crippen LogP contribution in [-0.2, 0) is 4.57 Å². The molecule has 0 aliphatic rings. The first-order valence-corrected chi connectivity index (χ1v) is 8.84. The van der Waals surface area contributed by atoms with Gasteiger partial charge in [0, 0.05) is 0 Å². The summed E-state index contributed by atoms with van der Waals surface area (Å²) in [6.45, 7) is 0. The van der Waals surface area contributed by atoms with Gasteiger partial charge in [0.15, 0.2) is 0 Å². The van der Waals surface area contributed by atoms with Crippen molar-refractivity contribution in [2.75, 3.05) is 0 Å². The molecule has 3 aromatic rings. The van der Waals surface area contributed by atoms with E-state index in [-0.39, 0.29) is 10.9 Å². The van der Waals surface area contributed by atoms with Gasteiger partial charge < -0.3 is 9.05 Å². The van der Waals surface area contributed by atoms with E-state index in [0.717, 1.165) is 0 Å². The van der Waals surface area contributed by atoms with E-state index in [4.69, 9.17) is 9.05 Å². The Labute approximate surface area is 140 Å². The van der Waals surface area contributed by atoms with Gasteiger partial charge >= 0.3 is 7.60 Å². The zero-order chi connectivity index (χ0) is 16.8. The predicted octanol–water partition coefficient (Wildman–Crippen LogP) is 4.53. The molecule has 0 radical (unpaired) electrons. The summed E-state index contributed by atoms with van der Waals surface area (Å²) in [6.07, 6.45) is 0. The van der Waals surface area contributed by atoms with Gasteiger partial charge in [-0.15, -0.1) is 0 Å². The highest BCUT2D eigenvalue weighted by Gasteiger charge is 2.34. The first kappa shape index (κ1) is 15.9. The molecule has 3 aromatic carbocycles. The molecule has 0 N–H and O–H groups in total. The second-order valence-corrected chi connectivity index (χ2v) is 6.78. The highest BCUT2D eigenvalue weighted by Crippen LogP contribution is 2.48. The number of nitriles is 1. The number of nitrogens with zero attached hydrogens (tertiary/aromatic N) is 1. The number of hydrogen-bond donors (Lipinski definition) is 0. The van der Waals surface area contributed by atoms with E-state index in [2.05, 4.69) is 0 Å². The Morgan fingerprint density at radius 1 is 0.708 bits per heavy atom. The fraction of sp³-hybridized carbons (Fsp3) is 0. The summed E-state index contributed by atoms with van der Waals surface area (Å²) in [5.74, 6) is 0.814. The predicted molar refractivity (Wildman–Crippen MR) is 92.5 cm³/mol. The molecule has 0 spiro atoms. The Balaban J connectivity index is 2.07. The molecule has 4 nitrogen and oxygen atoms in total. The van der Waals surface area contributed by atoms with Crippen molar-refractivity contribution in [3.05, 3.63) is 90.5 Å². The quantitative estimate of drug-likeness (QED) is 0.643. The van der Waals surface area contributed by atoms with Crippen LogP contribution in [0.15, 0.2) is 84.9 Å². The second kappa shape index (κ2) is 7.04. The van der Waals surface area contributed by atoms with Crippen LogP contribution in [0.4, 0.5) is 0 Å². The minimum Gasteiger partial charge on any atom is -0.413 e. The van der Waals surface area contributed by atoms with Gasteiger partial charge in [0.25, 0.3) is 0 Å². The molecule has 3 rings (SSSR count). The summed E-state index contributed by atoms with van der Waals surface area (Å²) in [5, 5.41) is 9.57. The molecule has 0 heterocycles. The van der Waals surface area contributed by atoms with E-state index in [9.17, 15) is 9.83 Å². The first-order valence-electron chi connectivity index (χ1n) is 7.30. The molecular formula is C19H14NO3P. The lowest BCUT2D eigenvalue weighted by Crippen LogP contribution is -2.17. The van der Waals surface area contributed by atoms with Crippen LogP contribution in [0.25, 0.3) is 0 Å². The molecule has 0 unspecified atom stereocenters. The smallest absolute Gasteiger partial charge is 0.413 e. The Kier molecular flexibility index (Phi) is 4.65. The molecule has 0 saturated heterocycles. The molecule has 0 bridgehead atoms. The second-order valence-electron chi connectivity index (χ2n) is 4.94. The van der Waals surface area contributed by atoms with E-state index in [1.807, 2.05) is 18.2 Å². The number of rotatable bonds is 5. The SMILES string of the molecule is N#Cc1ccccc1P(=O)(Oc1ccccc1)Oc1ccccc1. The van der Waals surface area contributed by atoms with Gasteiger partial charge in [-0.25, -0.2) is 4.57 Å². The molecular weight excluding hydrogens is 321 g/mol. The third-order valence-corrected chi connectivity index (χ3v) is 5.14. The van der Waals surface area contributed by atoms with Crippen LogP contribution >= 0.6 is 7.60 Å². The zero-order valence-electron chi connectivity index (χ0n) is 12.7. The maximum Gasteiger partial charge on any atom is 0.464 e. The fourth-order valence-corrected chi connectivity index (χ4v) is 3.88. The normalized spacial score (nSPS) is 10.6. The molecule has 118 valence electrons. The van der Waals surface area contributed by atoms with E-state index in [1.165, 1.54) is 0 Å². The number of benzene rings is 3. The Morgan fingerprint density at radius 2 is 1.17 bits per heavy atom. The van der Waals surface area contributed by atoms with E-state index in [1.54, 1.807) is 72.8 Å². The molecule has 24 heavy (non-hydrogen) atoms. The third-order valence-electron chi connectivity index (χ3n) is 3.26. The summed E-state index contributed by atoms with van der Waals surface area (Å²) >= 11 is 0. The summed E-state index contributed by atoms with van der Waals surface area (Å²) in [7, 11) is -3.79. The van der Waals surface area contributed by atoms with Gasteiger partial charge in [-0.2, -0.15) is 5.26 Å². The van der Waals surface area contributed by atoms with Gasteiger partial charge in [0.1, 0.15) is 22.9 Å². The van der Waals surface area contributed by atoms with Gasteiger partial charge in [0.2, 0.25) is 0 Å². The Hall–Kier alpha value is -3.02. The van der Waals surface area contributed by atoms with Crippen molar-refractivity contribution in [2.24, 2.45) is 0 Å². The summed E-state index contributed by atoms with van der Waals surface area (Å²) in [6, 6.07) is 26.2. The lowest BCUT2D eigenvalue weighted by molar-refractivity contribution is 0.399. The maximum absolute atomic E-state index is 13.5. The summed E-state index contributed by atoms with van der Waals surface area (Å²) in [4.78, 5) is 0. The van der Waals surface area contributed by atoms with Crippen LogP contribution < -0.4 is 14.4 Å². The average molecular weight is 335 g/mol. The first-order chi connectivity index (χ1) is 11.7. The number of para-hydroxylation sites is 2.